The van der Waals surface area contributed by atoms with Crippen molar-refractivity contribution in [1.82, 2.24) is 10.3 Å². The number of H-pyrrole nitrogens is 1. The SMILES string of the molecule is CNC(C)(C)C.COC=O.c1ccc(-c2cc3ccccc3[nH]2)cc1. The Kier molecular flexibility index (Phi) is 8.44. The number of methoxy groups -OCH3 is 1. The van der Waals surface area contributed by atoms with Gasteiger partial charge in [-0.15, -0.1) is 0 Å². The third-order valence-corrected chi connectivity index (χ3v) is 3.46. The number of aromatic nitrogens is 1. The van der Waals surface area contributed by atoms with Gasteiger partial charge in [-0.05, 0) is 45.5 Å². The standard InChI is InChI=1S/C14H11N.C5H13N.C2H4O2/c1-2-6-11(7-3-1)14-10-12-8-4-5-9-13(12)15-14;1-5(2,3)6-4;1-4-2-3/h1-10,15H;6H,1-4H3;2H,1H3. The van der Waals surface area contributed by atoms with Gasteiger partial charge in [0.1, 0.15) is 0 Å². The first-order valence-corrected chi connectivity index (χ1v) is 8.20. The third-order valence-electron chi connectivity index (χ3n) is 3.46. The van der Waals surface area contributed by atoms with Crippen LogP contribution < -0.4 is 5.32 Å². The van der Waals surface area contributed by atoms with E-state index in [0.29, 0.717) is 12.0 Å². The zero-order valence-electron chi connectivity index (χ0n) is 15.7. The molecule has 0 fully saturated rings. The van der Waals surface area contributed by atoms with E-state index in [4.69, 9.17) is 4.79 Å². The Bertz CT molecular complexity index is 710. The van der Waals surface area contributed by atoms with E-state index < -0.39 is 0 Å². The van der Waals surface area contributed by atoms with Crippen LogP contribution >= 0.6 is 0 Å². The minimum absolute atomic E-state index is 0.292. The predicted octanol–water partition coefficient (Wildman–Crippen LogP) is 4.63. The Morgan fingerprint density at radius 2 is 1.52 bits per heavy atom. The van der Waals surface area contributed by atoms with Gasteiger partial charge < -0.3 is 15.0 Å². The number of hydrogen-bond donors (Lipinski definition) is 2. The van der Waals surface area contributed by atoms with Crippen LogP contribution in [0.25, 0.3) is 22.2 Å². The second-order valence-corrected chi connectivity index (χ2v) is 6.47. The van der Waals surface area contributed by atoms with Crippen LogP contribution in [0.4, 0.5) is 0 Å². The molecule has 0 atom stereocenters. The molecule has 25 heavy (non-hydrogen) atoms. The molecule has 0 amide bonds. The molecule has 0 aliphatic heterocycles. The number of para-hydroxylation sites is 1. The maximum Gasteiger partial charge on any atom is 0.292 e. The molecule has 0 bridgehead atoms. The van der Waals surface area contributed by atoms with Crippen LogP contribution in [0.5, 0.6) is 0 Å². The van der Waals surface area contributed by atoms with Gasteiger partial charge >= 0.3 is 0 Å². The van der Waals surface area contributed by atoms with Crippen LogP contribution in [0.3, 0.4) is 0 Å². The molecule has 134 valence electrons. The van der Waals surface area contributed by atoms with E-state index in [0.717, 1.165) is 0 Å². The fourth-order valence-corrected chi connectivity index (χ4v) is 1.85. The summed E-state index contributed by atoms with van der Waals surface area (Å²) in [6, 6.07) is 20.9. The first-order chi connectivity index (χ1) is 11.9. The molecular formula is C21H28N2O2. The van der Waals surface area contributed by atoms with Crippen molar-refractivity contribution in [2.24, 2.45) is 0 Å². The van der Waals surface area contributed by atoms with Crippen LogP contribution in [0.2, 0.25) is 0 Å². The number of ether oxygens (including phenoxy) is 1. The highest BCUT2D eigenvalue weighted by atomic mass is 16.5. The summed E-state index contributed by atoms with van der Waals surface area (Å²) < 4.78 is 3.86. The van der Waals surface area contributed by atoms with Crippen LogP contribution in [-0.4, -0.2) is 31.2 Å². The van der Waals surface area contributed by atoms with Gasteiger partial charge in [0.2, 0.25) is 0 Å². The molecule has 4 heteroatoms. The number of benzene rings is 2. The lowest BCUT2D eigenvalue weighted by Gasteiger charge is -2.15. The van der Waals surface area contributed by atoms with Gasteiger partial charge in [-0.1, -0.05) is 48.5 Å². The number of carbonyl (C=O) groups excluding carboxylic acids is 1. The van der Waals surface area contributed by atoms with Gasteiger partial charge in [-0.2, -0.15) is 0 Å². The molecule has 4 nitrogen and oxygen atoms in total. The Labute approximate surface area is 150 Å². The van der Waals surface area contributed by atoms with Crippen LogP contribution in [-0.2, 0) is 9.53 Å². The van der Waals surface area contributed by atoms with Gasteiger partial charge in [-0.3, -0.25) is 4.79 Å². The minimum Gasteiger partial charge on any atom is -0.471 e. The Hall–Kier alpha value is -2.59. The molecule has 0 aliphatic rings. The summed E-state index contributed by atoms with van der Waals surface area (Å²) in [7, 11) is 3.27. The van der Waals surface area contributed by atoms with Crippen LogP contribution in [0.1, 0.15) is 20.8 Å². The van der Waals surface area contributed by atoms with E-state index >= 15 is 0 Å². The summed E-state index contributed by atoms with van der Waals surface area (Å²) in [5, 5.41) is 4.36. The predicted molar refractivity (Wildman–Crippen MR) is 106 cm³/mol. The number of nitrogens with one attached hydrogen (secondary N) is 2. The fourth-order valence-electron chi connectivity index (χ4n) is 1.85. The third kappa shape index (κ3) is 7.68. The lowest BCUT2D eigenvalue weighted by Crippen LogP contribution is -2.31. The number of hydrogen-bond acceptors (Lipinski definition) is 3. The molecule has 3 rings (SSSR count). The monoisotopic (exact) mass is 340 g/mol. The molecule has 0 unspecified atom stereocenters. The van der Waals surface area contributed by atoms with Crippen LogP contribution in [0.15, 0.2) is 60.7 Å². The van der Waals surface area contributed by atoms with Gasteiger partial charge in [0.15, 0.2) is 0 Å². The van der Waals surface area contributed by atoms with Crippen molar-refractivity contribution in [3.05, 3.63) is 60.7 Å². The first-order valence-electron chi connectivity index (χ1n) is 8.20. The normalized spacial score (nSPS) is 10.1. The maximum atomic E-state index is 8.95. The molecule has 2 N–H and O–H groups in total. The van der Waals surface area contributed by atoms with Crippen molar-refractivity contribution in [2.75, 3.05) is 14.2 Å². The topological polar surface area (TPSA) is 54.1 Å². The highest BCUT2D eigenvalue weighted by Crippen LogP contribution is 2.23. The van der Waals surface area contributed by atoms with E-state index in [-0.39, 0.29) is 0 Å². The second-order valence-electron chi connectivity index (χ2n) is 6.47. The Morgan fingerprint density at radius 1 is 1.00 bits per heavy atom. The average molecular weight is 340 g/mol. The summed E-state index contributed by atoms with van der Waals surface area (Å²) >= 11 is 0. The van der Waals surface area contributed by atoms with Crippen molar-refractivity contribution < 1.29 is 9.53 Å². The molecule has 1 heterocycles. The van der Waals surface area contributed by atoms with Gasteiger partial charge in [0.05, 0.1) is 7.11 Å². The minimum atomic E-state index is 0.292. The molecular weight excluding hydrogens is 312 g/mol. The van der Waals surface area contributed by atoms with Crippen molar-refractivity contribution in [3.63, 3.8) is 0 Å². The van der Waals surface area contributed by atoms with E-state index in [1.165, 1.54) is 29.3 Å². The molecule has 0 aliphatic carbocycles. The van der Waals surface area contributed by atoms with Gasteiger partial charge in [0, 0.05) is 22.1 Å². The highest BCUT2D eigenvalue weighted by molar-refractivity contribution is 5.85. The molecule has 0 spiro atoms. The maximum absolute atomic E-state index is 8.95. The molecule has 3 aromatic rings. The van der Waals surface area contributed by atoms with Crippen molar-refractivity contribution in [2.45, 2.75) is 26.3 Å². The average Bonchev–Trinajstić information content (AvgIpc) is 3.07. The zero-order valence-corrected chi connectivity index (χ0v) is 15.7. The van der Waals surface area contributed by atoms with Crippen molar-refractivity contribution >= 4 is 17.4 Å². The van der Waals surface area contributed by atoms with E-state index in [2.05, 4.69) is 84.3 Å². The van der Waals surface area contributed by atoms with Gasteiger partial charge in [-0.25, -0.2) is 0 Å². The summed E-state index contributed by atoms with van der Waals surface area (Å²) in [6.45, 7) is 6.77. The largest absolute Gasteiger partial charge is 0.471 e. The molecule has 2 aromatic carbocycles. The zero-order chi connectivity index (χ0) is 18.7. The number of carbonyl (C=O) groups is 1. The van der Waals surface area contributed by atoms with Gasteiger partial charge in [0.25, 0.3) is 6.47 Å². The number of rotatable bonds is 2. The summed E-state index contributed by atoms with van der Waals surface area (Å²) in [4.78, 5) is 12.4. The number of fused-ring (bicyclic) bond motifs is 1. The molecule has 0 saturated carbocycles. The smallest absolute Gasteiger partial charge is 0.292 e. The molecule has 0 radical (unpaired) electrons. The fraction of sp³-hybridized carbons (Fsp3) is 0.286. The van der Waals surface area contributed by atoms with E-state index in [1.807, 2.05) is 19.2 Å². The quantitative estimate of drug-likeness (QED) is 0.669. The van der Waals surface area contributed by atoms with Crippen molar-refractivity contribution in [3.8, 4) is 11.3 Å². The van der Waals surface area contributed by atoms with E-state index in [9.17, 15) is 0 Å². The van der Waals surface area contributed by atoms with E-state index in [1.54, 1.807) is 0 Å². The van der Waals surface area contributed by atoms with Crippen molar-refractivity contribution in [1.29, 1.82) is 0 Å². The lowest BCUT2D eigenvalue weighted by atomic mass is 10.1. The Balaban J connectivity index is 0.000000263. The summed E-state index contributed by atoms with van der Waals surface area (Å²) in [5.74, 6) is 0. The van der Waals surface area contributed by atoms with Crippen LogP contribution in [0, 0.1) is 0 Å². The first kappa shape index (κ1) is 20.5. The lowest BCUT2D eigenvalue weighted by molar-refractivity contribution is -0.126. The highest BCUT2D eigenvalue weighted by Gasteiger charge is 2.02. The molecule has 1 aromatic heterocycles. The summed E-state index contributed by atoms with van der Waals surface area (Å²) in [5.41, 5.74) is 3.89. The Morgan fingerprint density at radius 3 is 2.00 bits per heavy atom. The molecule has 0 saturated heterocycles. The number of aromatic amines is 1. The second kappa shape index (κ2) is 10.3. The summed E-state index contributed by atoms with van der Waals surface area (Å²) in [6.07, 6.45) is 0.